The smallest absolute Gasteiger partial charge is 0.0244 e. The second kappa shape index (κ2) is 6.05. The fourth-order valence-electron chi connectivity index (χ4n) is 1.91. The lowest BCUT2D eigenvalue weighted by atomic mass is 9.95. The Morgan fingerprint density at radius 3 is 2.54 bits per heavy atom. The van der Waals surface area contributed by atoms with Crippen molar-refractivity contribution in [3.63, 3.8) is 0 Å². The van der Waals surface area contributed by atoms with Crippen molar-refractivity contribution in [2.24, 2.45) is 0 Å². The zero-order valence-electron chi connectivity index (χ0n) is 9.16. The number of unbranched alkanes of at least 4 members (excludes halogenated alkanes) is 1. The number of allylic oxidation sites excluding steroid dienone is 1. The van der Waals surface area contributed by atoms with Gasteiger partial charge in [-0.3, -0.25) is 0 Å². The highest BCUT2D eigenvalue weighted by molar-refractivity contribution is 5.09. The highest BCUT2D eigenvalue weighted by Crippen LogP contribution is 2.22. The van der Waals surface area contributed by atoms with Crippen LogP contribution in [0.25, 0.3) is 0 Å². The Morgan fingerprint density at radius 2 is 1.92 bits per heavy atom. The summed E-state index contributed by atoms with van der Waals surface area (Å²) < 4.78 is 0. The van der Waals surface area contributed by atoms with Crippen LogP contribution in [0.5, 0.6) is 0 Å². The summed E-state index contributed by atoms with van der Waals surface area (Å²) >= 11 is 0. The largest absolute Gasteiger partial charge is 0.123 e. The van der Waals surface area contributed by atoms with Gasteiger partial charge >= 0.3 is 0 Å². The number of hydrogen-bond acceptors (Lipinski definition) is 0. The monoisotopic (exact) mass is 178 g/mol. The van der Waals surface area contributed by atoms with E-state index in [0.717, 1.165) is 0 Å². The second-order valence-corrected chi connectivity index (χ2v) is 4.17. The molecule has 0 heteroatoms. The van der Waals surface area contributed by atoms with Gasteiger partial charge in [0.15, 0.2) is 0 Å². The van der Waals surface area contributed by atoms with Crippen molar-refractivity contribution in [3.05, 3.63) is 16.9 Å². The Kier molecular flexibility index (Phi) is 4.93. The highest BCUT2D eigenvalue weighted by Gasteiger charge is 2.03. The van der Waals surface area contributed by atoms with E-state index in [9.17, 15) is 0 Å². The molecular weight excluding hydrogens is 156 g/mol. The van der Waals surface area contributed by atoms with Crippen LogP contribution in [0.15, 0.2) is 16.9 Å². The lowest BCUT2D eigenvalue weighted by molar-refractivity contribution is 0.599. The molecule has 1 rings (SSSR count). The van der Waals surface area contributed by atoms with E-state index < -0.39 is 0 Å². The SMILES string of the molecule is CCCCC(C)=C=C1CCCCC1. The summed E-state index contributed by atoms with van der Waals surface area (Å²) in [6, 6.07) is 0. The van der Waals surface area contributed by atoms with E-state index in [1.807, 2.05) is 0 Å². The van der Waals surface area contributed by atoms with Crippen LogP contribution in [0.3, 0.4) is 0 Å². The van der Waals surface area contributed by atoms with Crippen molar-refractivity contribution in [3.8, 4) is 0 Å². The average molecular weight is 178 g/mol. The van der Waals surface area contributed by atoms with Gasteiger partial charge in [-0.1, -0.05) is 19.8 Å². The van der Waals surface area contributed by atoms with Gasteiger partial charge in [-0.05, 0) is 56.6 Å². The summed E-state index contributed by atoms with van der Waals surface area (Å²) in [5, 5.41) is 0. The van der Waals surface area contributed by atoms with E-state index in [1.165, 1.54) is 56.9 Å². The van der Waals surface area contributed by atoms with Crippen molar-refractivity contribution in [2.45, 2.75) is 65.2 Å². The minimum absolute atomic E-state index is 1.25. The van der Waals surface area contributed by atoms with Crippen molar-refractivity contribution in [2.75, 3.05) is 0 Å². The first kappa shape index (κ1) is 10.6. The van der Waals surface area contributed by atoms with Gasteiger partial charge in [0.25, 0.3) is 0 Å². The highest BCUT2D eigenvalue weighted by atomic mass is 14.1. The molecule has 1 aliphatic carbocycles. The van der Waals surface area contributed by atoms with E-state index in [-0.39, 0.29) is 0 Å². The quantitative estimate of drug-likeness (QED) is 0.553. The predicted molar refractivity (Wildman–Crippen MR) is 58.8 cm³/mol. The van der Waals surface area contributed by atoms with Crippen LogP contribution in [0, 0.1) is 0 Å². The summed E-state index contributed by atoms with van der Waals surface area (Å²) in [7, 11) is 0. The molecule has 0 amide bonds. The summed E-state index contributed by atoms with van der Waals surface area (Å²) in [4.78, 5) is 0. The zero-order valence-corrected chi connectivity index (χ0v) is 9.16. The molecule has 1 saturated carbocycles. The van der Waals surface area contributed by atoms with Gasteiger partial charge in [0.05, 0.1) is 0 Å². The Bertz CT molecular complexity index is 196. The van der Waals surface area contributed by atoms with Gasteiger partial charge in [-0.2, -0.15) is 0 Å². The third-order valence-corrected chi connectivity index (χ3v) is 2.75. The van der Waals surface area contributed by atoms with Crippen LogP contribution in [0.4, 0.5) is 0 Å². The molecule has 0 aromatic carbocycles. The van der Waals surface area contributed by atoms with E-state index >= 15 is 0 Å². The van der Waals surface area contributed by atoms with Crippen LogP contribution < -0.4 is 0 Å². The van der Waals surface area contributed by atoms with E-state index in [2.05, 4.69) is 19.6 Å². The molecule has 74 valence electrons. The Hall–Kier alpha value is -0.480. The van der Waals surface area contributed by atoms with Gasteiger partial charge in [-0.25, -0.2) is 0 Å². The van der Waals surface area contributed by atoms with Crippen LogP contribution in [0.2, 0.25) is 0 Å². The third kappa shape index (κ3) is 4.33. The topological polar surface area (TPSA) is 0 Å². The minimum Gasteiger partial charge on any atom is -0.123 e. The normalized spacial score (nSPS) is 16.9. The summed E-state index contributed by atoms with van der Waals surface area (Å²) in [5.41, 5.74) is 6.64. The molecule has 0 aromatic rings. The van der Waals surface area contributed by atoms with Gasteiger partial charge in [-0.15, -0.1) is 5.73 Å². The molecular formula is C13H22. The Balaban J connectivity index is 2.47. The van der Waals surface area contributed by atoms with Crippen molar-refractivity contribution >= 4 is 0 Å². The molecule has 0 atom stereocenters. The molecule has 0 bridgehead atoms. The standard InChI is InChI=1S/C13H22/c1-3-4-8-12(2)11-13-9-6-5-7-10-13/h3-10H2,1-2H3. The molecule has 0 spiro atoms. The summed E-state index contributed by atoms with van der Waals surface area (Å²) in [5.74, 6) is 0. The van der Waals surface area contributed by atoms with Gasteiger partial charge in [0.2, 0.25) is 0 Å². The Morgan fingerprint density at radius 1 is 1.23 bits per heavy atom. The maximum Gasteiger partial charge on any atom is -0.0244 e. The Labute approximate surface area is 82.7 Å². The van der Waals surface area contributed by atoms with Gasteiger partial charge < -0.3 is 0 Å². The summed E-state index contributed by atoms with van der Waals surface area (Å²) in [6.07, 6.45) is 10.7. The maximum absolute atomic E-state index is 3.59. The average Bonchev–Trinajstić information content (AvgIpc) is 2.16. The molecule has 0 heterocycles. The third-order valence-electron chi connectivity index (χ3n) is 2.75. The fourth-order valence-corrected chi connectivity index (χ4v) is 1.91. The van der Waals surface area contributed by atoms with E-state index in [4.69, 9.17) is 0 Å². The van der Waals surface area contributed by atoms with Crippen molar-refractivity contribution in [1.29, 1.82) is 0 Å². The molecule has 0 aliphatic heterocycles. The van der Waals surface area contributed by atoms with E-state index in [1.54, 1.807) is 5.57 Å². The van der Waals surface area contributed by atoms with Gasteiger partial charge in [0, 0.05) is 0 Å². The molecule has 1 fully saturated rings. The minimum atomic E-state index is 1.25. The lowest BCUT2D eigenvalue weighted by Gasteiger charge is -2.11. The molecule has 0 aromatic heterocycles. The maximum atomic E-state index is 3.59. The molecule has 0 saturated heterocycles. The first-order chi connectivity index (χ1) is 6.33. The fraction of sp³-hybridized carbons (Fsp3) is 0.769. The van der Waals surface area contributed by atoms with Crippen LogP contribution in [0.1, 0.15) is 65.2 Å². The lowest BCUT2D eigenvalue weighted by Crippen LogP contribution is -1.92. The molecule has 0 N–H and O–H groups in total. The first-order valence-corrected chi connectivity index (χ1v) is 5.77. The molecule has 0 nitrogen and oxygen atoms in total. The van der Waals surface area contributed by atoms with Crippen LogP contribution in [-0.2, 0) is 0 Å². The molecule has 13 heavy (non-hydrogen) atoms. The second-order valence-electron chi connectivity index (χ2n) is 4.17. The molecule has 0 unspecified atom stereocenters. The first-order valence-electron chi connectivity index (χ1n) is 5.77. The van der Waals surface area contributed by atoms with E-state index in [0.29, 0.717) is 0 Å². The van der Waals surface area contributed by atoms with Gasteiger partial charge in [0.1, 0.15) is 0 Å². The van der Waals surface area contributed by atoms with Crippen LogP contribution >= 0.6 is 0 Å². The molecule has 1 aliphatic rings. The predicted octanol–water partition coefficient (Wildman–Crippen LogP) is 4.61. The molecule has 0 radical (unpaired) electrons. The number of hydrogen-bond donors (Lipinski definition) is 0. The zero-order chi connectivity index (χ0) is 9.52. The van der Waals surface area contributed by atoms with Crippen molar-refractivity contribution in [1.82, 2.24) is 0 Å². The van der Waals surface area contributed by atoms with Crippen LogP contribution in [-0.4, -0.2) is 0 Å². The number of rotatable bonds is 3. The summed E-state index contributed by atoms with van der Waals surface area (Å²) in [6.45, 7) is 4.48. The van der Waals surface area contributed by atoms with Crippen molar-refractivity contribution < 1.29 is 0 Å².